The van der Waals surface area contributed by atoms with Gasteiger partial charge >= 0.3 is 0 Å². The van der Waals surface area contributed by atoms with Crippen LogP contribution in [-0.2, 0) is 11.3 Å². The highest BCUT2D eigenvalue weighted by atomic mass is 16.7. The van der Waals surface area contributed by atoms with Crippen LogP contribution in [-0.4, -0.2) is 46.2 Å². The van der Waals surface area contributed by atoms with E-state index in [1.54, 1.807) is 12.1 Å². The van der Waals surface area contributed by atoms with Gasteiger partial charge in [0.15, 0.2) is 11.5 Å². The van der Waals surface area contributed by atoms with Crippen LogP contribution in [0.5, 0.6) is 17.2 Å². The average molecular weight is 380 g/mol. The van der Waals surface area contributed by atoms with Crippen LogP contribution in [0.2, 0.25) is 0 Å². The fraction of sp³-hybridized carbons (Fsp3) is 0.167. The molecule has 0 aliphatic carbocycles. The molecule has 1 aromatic heterocycles. The van der Waals surface area contributed by atoms with Gasteiger partial charge in [-0.3, -0.25) is 4.79 Å². The van der Waals surface area contributed by atoms with E-state index in [4.69, 9.17) is 14.2 Å². The number of aromatic nitrogens is 4. The van der Waals surface area contributed by atoms with Gasteiger partial charge in [-0.1, -0.05) is 30.3 Å². The Hall–Kier alpha value is -3.95. The van der Waals surface area contributed by atoms with E-state index in [9.17, 15) is 4.79 Å². The summed E-state index contributed by atoms with van der Waals surface area (Å²) in [4.78, 5) is 13.2. The fourth-order valence-electron chi connectivity index (χ4n) is 2.58. The Morgan fingerprint density at radius 2 is 2.18 bits per heavy atom. The van der Waals surface area contributed by atoms with Crippen molar-refractivity contribution in [2.24, 2.45) is 5.10 Å². The van der Waals surface area contributed by atoms with Crippen molar-refractivity contribution in [2.75, 3.05) is 13.9 Å². The second-order valence-electron chi connectivity index (χ2n) is 5.76. The summed E-state index contributed by atoms with van der Waals surface area (Å²) in [6.07, 6.45) is 1.48. The van der Waals surface area contributed by atoms with Crippen molar-refractivity contribution in [3.8, 4) is 28.6 Å². The number of hydrazone groups is 1. The van der Waals surface area contributed by atoms with Gasteiger partial charge in [-0.2, -0.15) is 9.90 Å². The lowest BCUT2D eigenvalue weighted by Gasteiger charge is -2.05. The number of rotatable bonds is 6. The number of hydrogen-bond acceptors (Lipinski definition) is 8. The molecular weight excluding hydrogens is 364 g/mol. The van der Waals surface area contributed by atoms with Gasteiger partial charge in [-0.05, 0) is 17.3 Å². The number of carbonyl (C=O) groups excluding carboxylic acids is 1. The Kier molecular flexibility index (Phi) is 4.83. The molecule has 0 saturated carbocycles. The van der Waals surface area contributed by atoms with Crippen molar-refractivity contribution in [1.29, 1.82) is 0 Å². The van der Waals surface area contributed by atoms with E-state index in [2.05, 4.69) is 25.9 Å². The van der Waals surface area contributed by atoms with Gasteiger partial charge in [0.05, 0.1) is 13.3 Å². The van der Waals surface area contributed by atoms with E-state index in [0.29, 0.717) is 28.6 Å². The van der Waals surface area contributed by atoms with E-state index in [0.717, 1.165) is 5.56 Å². The first-order valence-corrected chi connectivity index (χ1v) is 8.35. The van der Waals surface area contributed by atoms with Crippen molar-refractivity contribution in [1.82, 2.24) is 25.6 Å². The van der Waals surface area contributed by atoms with Crippen LogP contribution >= 0.6 is 0 Å². The van der Waals surface area contributed by atoms with Crippen LogP contribution in [0.25, 0.3) is 11.4 Å². The number of methoxy groups -OCH3 is 1. The molecule has 0 fully saturated rings. The second-order valence-corrected chi connectivity index (χ2v) is 5.76. The third-order valence-electron chi connectivity index (χ3n) is 3.85. The topological polar surface area (TPSA) is 113 Å². The van der Waals surface area contributed by atoms with Crippen LogP contribution in [0.4, 0.5) is 0 Å². The lowest BCUT2D eigenvalue weighted by atomic mass is 10.2. The highest BCUT2D eigenvalue weighted by Crippen LogP contribution is 2.41. The molecule has 0 atom stereocenters. The number of ether oxygens (including phenoxy) is 3. The minimum Gasteiger partial charge on any atom is -0.493 e. The van der Waals surface area contributed by atoms with Gasteiger partial charge in [0.1, 0.15) is 6.54 Å². The molecule has 1 aliphatic rings. The molecule has 1 N–H and O–H groups in total. The summed E-state index contributed by atoms with van der Waals surface area (Å²) in [6.45, 7) is 0.0283. The zero-order valence-corrected chi connectivity index (χ0v) is 14.9. The predicted octanol–water partition coefficient (Wildman–Crippen LogP) is 1.23. The zero-order valence-electron chi connectivity index (χ0n) is 14.9. The first-order valence-electron chi connectivity index (χ1n) is 8.35. The quantitative estimate of drug-likeness (QED) is 0.505. The second kappa shape index (κ2) is 7.74. The van der Waals surface area contributed by atoms with Crippen LogP contribution in [0.1, 0.15) is 5.56 Å². The molecule has 0 radical (unpaired) electrons. The fourth-order valence-corrected chi connectivity index (χ4v) is 2.58. The van der Waals surface area contributed by atoms with Gasteiger partial charge in [0, 0.05) is 11.1 Å². The Morgan fingerprint density at radius 3 is 3.00 bits per heavy atom. The Morgan fingerprint density at radius 1 is 1.32 bits per heavy atom. The van der Waals surface area contributed by atoms with Crippen molar-refractivity contribution in [3.05, 3.63) is 48.0 Å². The number of benzene rings is 2. The van der Waals surface area contributed by atoms with E-state index >= 15 is 0 Å². The molecule has 10 nitrogen and oxygen atoms in total. The molecule has 2 heterocycles. The summed E-state index contributed by atoms with van der Waals surface area (Å²) in [5.41, 5.74) is 3.93. The zero-order chi connectivity index (χ0) is 19.3. The minimum atomic E-state index is -0.388. The molecule has 4 rings (SSSR count). The van der Waals surface area contributed by atoms with Crippen molar-refractivity contribution < 1.29 is 19.0 Å². The van der Waals surface area contributed by atoms with E-state index < -0.39 is 0 Å². The third kappa shape index (κ3) is 3.75. The number of carbonyl (C=O) groups is 1. The SMILES string of the molecule is COc1cc(/C=N\NC(=O)Cn2nnc(-c3ccccc3)n2)cc2c1OCO2. The van der Waals surface area contributed by atoms with Crippen molar-refractivity contribution in [3.63, 3.8) is 0 Å². The van der Waals surface area contributed by atoms with Crippen LogP contribution < -0.4 is 19.6 Å². The number of nitrogens with one attached hydrogen (secondary N) is 1. The smallest absolute Gasteiger partial charge is 0.263 e. The lowest BCUT2D eigenvalue weighted by molar-refractivity contribution is -0.122. The molecule has 2 aromatic carbocycles. The van der Waals surface area contributed by atoms with E-state index in [-0.39, 0.29) is 19.2 Å². The van der Waals surface area contributed by atoms with Gasteiger partial charge in [-0.25, -0.2) is 5.43 Å². The maximum Gasteiger partial charge on any atom is 0.263 e. The normalized spacial score (nSPS) is 12.3. The minimum absolute atomic E-state index is 0.109. The molecule has 0 bridgehead atoms. The van der Waals surface area contributed by atoms with Gasteiger partial charge in [-0.15, -0.1) is 10.2 Å². The molecule has 3 aromatic rings. The molecule has 1 aliphatic heterocycles. The summed E-state index contributed by atoms with van der Waals surface area (Å²) >= 11 is 0. The highest BCUT2D eigenvalue weighted by molar-refractivity contribution is 5.84. The summed E-state index contributed by atoms with van der Waals surface area (Å²) in [7, 11) is 1.54. The predicted molar refractivity (Wildman–Crippen MR) is 98.1 cm³/mol. The number of amides is 1. The Bertz CT molecular complexity index is 1020. The lowest BCUT2D eigenvalue weighted by Crippen LogP contribution is -2.24. The number of nitrogens with zero attached hydrogens (tertiary/aromatic N) is 5. The summed E-state index contributed by atoms with van der Waals surface area (Å²) in [5.74, 6) is 1.70. The maximum absolute atomic E-state index is 12.0. The van der Waals surface area contributed by atoms with E-state index in [1.807, 2.05) is 30.3 Å². The Labute approximate surface area is 159 Å². The van der Waals surface area contributed by atoms with E-state index in [1.165, 1.54) is 18.1 Å². The first-order chi connectivity index (χ1) is 13.7. The highest BCUT2D eigenvalue weighted by Gasteiger charge is 2.19. The number of hydrogen-bond donors (Lipinski definition) is 1. The molecule has 0 saturated heterocycles. The molecule has 10 heteroatoms. The molecule has 0 spiro atoms. The van der Waals surface area contributed by atoms with Gasteiger partial charge in [0.25, 0.3) is 5.91 Å². The molecular formula is C18H16N6O4. The number of tetrazole rings is 1. The maximum atomic E-state index is 12.0. The average Bonchev–Trinajstić information content (AvgIpc) is 3.37. The van der Waals surface area contributed by atoms with Gasteiger partial charge < -0.3 is 14.2 Å². The summed E-state index contributed by atoms with van der Waals surface area (Å²) in [5, 5.41) is 15.9. The van der Waals surface area contributed by atoms with Crippen LogP contribution in [0, 0.1) is 0 Å². The largest absolute Gasteiger partial charge is 0.493 e. The molecule has 1 amide bonds. The summed E-state index contributed by atoms with van der Waals surface area (Å²) < 4.78 is 15.9. The molecule has 28 heavy (non-hydrogen) atoms. The van der Waals surface area contributed by atoms with Crippen LogP contribution in [0.3, 0.4) is 0 Å². The first kappa shape index (κ1) is 17.5. The van der Waals surface area contributed by atoms with Crippen molar-refractivity contribution >= 4 is 12.1 Å². The van der Waals surface area contributed by atoms with Crippen molar-refractivity contribution in [2.45, 2.75) is 6.54 Å². The monoisotopic (exact) mass is 380 g/mol. The van der Waals surface area contributed by atoms with Gasteiger partial charge in [0.2, 0.25) is 18.4 Å². The Balaban J connectivity index is 1.37. The van der Waals surface area contributed by atoms with Crippen LogP contribution in [0.15, 0.2) is 47.6 Å². The molecule has 142 valence electrons. The number of fused-ring (bicyclic) bond motifs is 1. The standard InChI is InChI=1S/C18H16N6O4/c1-26-14-7-12(8-15-17(14)28-11-27-15)9-19-20-16(25)10-24-22-18(21-23-24)13-5-3-2-4-6-13/h2-9H,10-11H2,1H3,(H,20,25)/b19-9-. The third-order valence-corrected chi connectivity index (χ3v) is 3.85. The molecule has 0 unspecified atom stereocenters. The summed E-state index contributed by atoms with van der Waals surface area (Å²) in [6, 6.07) is 12.9.